The molecule has 0 atom stereocenters. The molecule has 0 fully saturated rings. The van der Waals surface area contributed by atoms with Crippen molar-refractivity contribution in [3.63, 3.8) is 0 Å². The fourth-order valence-corrected chi connectivity index (χ4v) is 1.26. The number of rotatable bonds is 2. The summed E-state index contributed by atoms with van der Waals surface area (Å²) in [5.74, 6) is -1.34. The quantitative estimate of drug-likeness (QED) is 0.675. The number of nitrogens with zero attached hydrogens (tertiary/aromatic N) is 2. The van der Waals surface area contributed by atoms with Crippen molar-refractivity contribution in [1.82, 2.24) is 10.2 Å². The minimum absolute atomic E-state index is 0.00157. The van der Waals surface area contributed by atoms with Gasteiger partial charge in [0.15, 0.2) is 17.3 Å². The predicted octanol–water partition coefficient (Wildman–Crippen LogP) is 3.01. The minimum atomic E-state index is -4.59. The van der Waals surface area contributed by atoms with E-state index in [1.165, 1.54) is 12.1 Å². The first kappa shape index (κ1) is 13.1. The molecule has 2 rings (SSSR count). The van der Waals surface area contributed by atoms with Gasteiger partial charge in [0.05, 0.1) is 5.69 Å². The van der Waals surface area contributed by atoms with E-state index in [4.69, 9.17) is 10.5 Å². The van der Waals surface area contributed by atoms with Crippen molar-refractivity contribution in [2.24, 2.45) is 0 Å². The lowest BCUT2D eigenvalue weighted by Crippen LogP contribution is -2.09. The summed E-state index contributed by atoms with van der Waals surface area (Å²) in [7, 11) is 0. The van der Waals surface area contributed by atoms with Crippen LogP contribution in [0.1, 0.15) is 5.69 Å². The summed E-state index contributed by atoms with van der Waals surface area (Å²) in [6.45, 7) is 0. The number of hydrogen-bond donors (Lipinski definition) is 1. The zero-order valence-electron chi connectivity index (χ0n) is 9.28. The Morgan fingerprint density at radius 3 is 2.32 bits per heavy atom. The minimum Gasteiger partial charge on any atom is -0.432 e. The Kier molecular flexibility index (Phi) is 3.24. The van der Waals surface area contributed by atoms with Crippen LogP contribution in [0.15, 0.2) is 30.3 Å². The van der Waals surface area contributed by atoms with Gasteiger partial charge < -0.3 is 10.5 Å². The van der Waals surface area contributed by atoms with Gasteiger partial charge in [-0.2, -0.15) is 13.2 Å². The number of benzene rings is 1. The van der Waals surface area contributed by atoms with Gasteiger partial charge in [-0.15, -0.1) is 10.2 Å². The highest BCUT2D eigenvalue weighted by Gasteiger charge is 2.33. The van der Waals surface area contributed by atoms with Gasteiger partial charge in [0, 0.05) is 6.07 Å². The third-order valence-electron chi connectivity index (χ3n) is 2.13. The highest BCUT2D eigenvalue weighted by Crippen LogP contribution is 2.31. The zero-order valence-corrected chi connectivity index (χ0v) is 9.28. The molecule has 0 unspecified atom stereocenters. The van der Waals surface area contributed by atoms with E-state index in [1.807, 2.05) is 0 Å². The Bertz CT molecular complexity index is 563. The van der Waals surface area contributed by atoms with Crippen LogP contribution in [-0.2, 0) is 6.18 Å². The van der Waals surface area contributed by atoms with Gasteiger partial charge in [-0.1, -0.05) is 6.07 Å². The molecule has 1 heterocycles. The molecule has 0 aliphatic heterocycles. The second-order valence-corrected chi connectivity index (χ2v) is 3.51. The molecule has 0 radical (unpaired) electrons. The number of para-hydroxylation sites is 1. The summed E-state index contributed by atoms with van der Waals surface area (Å²) >= 11 is 0. The third kappa shape index (κ3) is 2.90. The zero-order chi connectivity index (χ0) is 14.0. The van der Waals surface area contributed by atoms with Crippen molar-refractivity contribution in [3.8, 4) is 11.6 Å². The standard InChI is InChI=1S/C11H7F4N3O/c12-6-2-1-3-7(16)10(6)19-9-5-4-8(17-18-9)11(13,14)15/h1-5H,16H2. The number of aromatic nitrogens is 2. The van der Waals surface area contributed by atoms with Gasteiger partial charge in [-0.05, 0) is 18.2 Å². The first-order valence-corrected chi connectivity index (χ1v) is 5.00. The molecule has 0 saturated carbocycles. The van der Waals surface area contributed by atoms with Crippen LogP contribution in [0.25, 0.3) is 0 Å². The Balaban J connectivity index is 2.25. The molecule has 1 aromatic carbocycles. The maximum Gasteiger partial charge on any atom is 0.435 e. The summed E-state index contributed by atoms with van der Waals surface area (Å²) in [5.41, 5.74) is 4.31. The number of halogens is 4. The van der Waals surface area contributed by atoms with Gasteiger partial charge in [-0.25, -0.2) is 4.39 Å². The highest BCUT2D eigenvalue weighted by atomic mass is 19.4. The van der Waals surface area contributed by atoms with Gasteiger partial charge in [0.25, 0.3) is 0 Å². The largest absolute Gasteiger partial charge is 0.435 e. The SMILES string of the molecule is Nc1cccc(F)c1Oc1ccc(C(F)(F)F)nn1. The summed E-state index contributed by atoms with van der Waals surface area (Å²) in [6.07, 6.45) is -4.59. The van der Waals surface area contributed by atoms with Crippen LogP contribution in [0.4, 0.5) is 23.2 Å². The Morgan fingerprint density at radius 1 is 1.05 bits per heavy atom. The average molecular weight is 273 g/mol. The predicted molar refractivity (Wildman–Crippen MR) is 57.9 cm³/mol. The average Bonchev–Trinajstić information content (AvgIpc) is 2.33. The number of ether oxygens (including phenoxy) is 1. The highest BCUT2D eigenvalue weighted by molar-refractivity contribution is 5.53. The molecule has 19 heavy (non-hydrogen) atoms. The molecule has 0 saturated heterocycles. The van der Waals surface area contributed by atoms with E-state index in [1.54, 1.807) is 0 Å². The van der Waals surface area contributed by atoms with E-state index in [0.29, 0.717) is 6.07 Å². The molecule has 0 aliphatic rings. The molecule has 100 valence electrons. The van der Waals surface area contributed by atoms with E-state index in [9.17, 15) is 17.6 Å². The molecular formula is C11H7F4N3O. The summed E-state index contributed by atoms with van der Waals surface area (Å²) in [4.78, 5) is 0. The lowest BCUT2D eigenvalue weighted by Gasteiger charge is -2.09. The molecule has 2 aromatic rings. The number of nitrogens with two attached hydrogens (primary N) is 1. The summed E-state index contributed by atoms with van der Waals surface area (Å²) in [5, 5.41) is 6.15. The Hall–Kier alpha value is -2.38. The first-order chi connectivity index (χ1) is 8.88. The molecular weight excluding hydrogens is 266 g/mol. The van der Waals surface area contributed by atoms with Gasteiger partial charge >= 0.3 is 6.18 Å². The number of alkyl halides is 3. The van der Waals surface area contributed by atoms with Gasteiger partial charge in [-0.3, -0.25) is 0 Å². The van der Waals surface area contributed by atoms with E-state index < -0.39 is 17.7 Å². The van der Waals surface area contributed by atoms with Crippen LogP contribution in [0, 0.1) is 5.82 Å². The second kappa shape index (κ2) is 4.71. The fraction of sp³-hybridized carbons (Fsp3) is 0.0909. The topological polar surface area (TPSA) is 61.0 Å². The van der Waals surface area contributed by atoms with Crippen molar-refractivity contribution in [3.05, 3.63) is 41.8 Å². The smallest absolute Gasteiger partial charge is 0.432 e. The summed E-state index contributed by atoms with van der Waals surface area (Å²) < 4.78 is 55.1. The monoisotopic (exact) mass is 273 g/mol. The van der Waals surface area contributed by atoms with Crippen LogP contribution in [-0.4, -0.2) is 10.2 Å². The molecule has 4 nitrogen and oxygen atoms in total. The van der Waals surface area contributed by atoms with E-state index in [-0.39, 0.29) is 17.3 Å². The van der Waals surface area contributed by atoms with E-state index in [2.05, 4.69) is 10.2 Å². The fourth-order valence-electron chi connectivity index (χ4n) is 1.26. The van der Waals surface area contributed by atoms with E-state index >= 15 is 0 Å². The van der Waals surface area contributed by atoms with Crippen molar-refractivity contribution in [2.45, 2.75) is 6.18 Å². The van der Waals surface area contributed by atoms with Crippen LogP contribution in [0.2, 0.25) is 0 Å². The number of hydrogen-bond acceptors (Lipinski definition) is 4. The molecule has 1 aromatic heterocycles. The second-order valence-electron chi connectivity index (χ2n) is 3.51. The normalized spacial score (nSPS) is 11.4. The van der Waals surface area contributed by atoms with Crippen LogP contribution >= 0.6 is 0 Å². The Labute approximate surface area is 104 Å². The molecule has 0 spiro atoms. The van der Waals surface area contributed by atoms with Crippen molar-refractivity contribution < 1.29 is 22.3 Å². The van der Waals surface area contributed by atoms with Crippen LogP contribution in [0.3, 0.4) is 0 Å². The maximum absolute atomic E-state index is 13.4. The lowest BCUT2D eigenvalue weighted by molar-refractivity contribution is -0.141. The van der Waals surface area contributed by atoms with Gasteiger partial charge in [0.2, 0.25) is 5.88 Å². The first-order valence-electron chi connectivity index (χ1n) is 5.00. The number of nitrogen functional groups attached to an aromatic ring is 1. The lowest BCUT2D eigenvalue weighted by atomic mass is 10.3. The molecule has 0 aliphatic carbocycles. The van der Waals surface area contributed by atoms with Gasteiger partial charge in [0.1, 0.15) is 0 Å². The molecule has 2 N–H and O–H groups in total. The van der Waals surface area contributed by atoms with E-state index in [0.717, 1.165) is 12.1 Å². The van der Waals surface area contributed by atoms with Crippen molar-refractivity contribution in [2.75, 3.05) is 5.73 Å². The summed E-state index contributed by atoms with van der Waals surface area (Å²) in [6, 6.07) is 5.47. The van der Waals surface area contributed by atoms with Crippen LogP contribution in [0.5, 0.6) is 11.6 Å². The third-order valence-corrected chi connectivity index (χ3v) is 2.13. The Morgan fingerprint density at radius 2 is 1.79 bits per heavy atom. The van der Waals surface area contributed by atoms with Crippen LogP contribution < -0.4 is 10.5 Å². The number of anilines is 1. The molecule has 8 heteroatoms. The maximum atomic E-state index is 13.4. The molecule has 0 amide bonds. The van der Waals surface area contributed by atoms with Crippen molar-refractivity contribution >= 4 is 5.69 Å². The van der Waals surface area contributed by atoms with Crippen molar-refractivity contribution in [1.29, 1.82) is 0 Å². The molecule has 0 bridgehead atoms.